The lowest BCUT2D eigenvalue weighted by Gasteiger charge is -2.31. The second-order valence-electron chi connectivity index (χ2n) is 7.84. The summed E-state index contributed by atoms with van der Waals surface area (Å²) in [6.45, 7) is 3.38. The van der Waals surface area contributed by atoms with E-state index in [0.717, 1.165) is 36.3 Å². The van der Waals surface area contributed by atoms with Gasteiger partial charge in [0, 0.05) is 12.2 Å². The number of anilines is 1. The predicted octanol–water partition coefficient (Wildman–Crippen LogP) is 4.66. The average Bonchev–Trinajstić information content (AvgIpc) is 2.78. The number of aryl methyl sites for hydroxylation is 2. The summed E-state index contributed by atoms with van der Waals surface area (Å²) in [5, 5.41) is 3.26. The van der Waals surface area contributed by atoms with Gasteiger partial charge in [-0.3, -0.25) is 4.79 Å². The smallest absolute Gasteiger partial charge is 0.240 e. The van der Waals surface area contributed by atoms with Gasteiger partial charge in [-0.2, -0.15) is 0 Å². The number of benzene rings is 3. The van der Waals surface area contributed by atoms with E-state index < -0.39 is 0 Å². The maximum atomic E-state index is 13.1. The molecule has 0 saturated heterocycles. The van der Waals surface area contributed by atoms with Gasteiger partial charge in [0.15, 0.2) is 0 Å². The SMILES string of the molecule is COc1ccc(C(NC(=O)CN2CCCc3cc(C)ccc32)c2ccccc2)cc1. The van der Waals surface area contributed by atoms with Crippen molar-refractivity contribution in [2.75, 3.05) is 25.1 Å². The third-order valence-electron chi connectivity index (χ3n) is 5.67. The lowest BCUT2D eigenvalue weighted by molar-refractivity contribution is -0.120. The second-order valence-corrected chi connectivity index (χ2v) is 7.84. The summed E-state index contributed by atoms with van der Waals surface area (Å²) < 4.78 is 5.28. The van der Waals surface area contributed by atoms with Crippen molar-refractivity contribution in [1.82, 2.24) is 5.32 Å². The Morgan fingerprint density at radius 1 is 1.03 bits per heavy atom. The molecule has 1 atom stereocenters. The Balaban J connectivity index is 1.54. The first kappa shape index (κ1) is 20.0. The standard InChI is InChI=1S/C26H28N2O2/c1-19-10-15-24-22(17-19)9-6-16-28(24)18-25(29)27-26(20-7-4-3-5-8-20)21-11-13-23(30-2)14-12-21/h3-5,7-8,10-15,17,26H,6,9,16,18H2,1-2H3,(H,27,29). The molecular formula is C26H28N2O2. The Hall–Kier alpha value is -3.27. The van der Waals surface area contributed by atoms with E-state index in [2.05, 4.69) is 35.3 Å². The molecule has 1 N–H and O–H groups in total. The zero-order chi connectivity index (χ0) is 20.9. The molecule has 0 radical (unpaired) electrons. The molecule has 4 nitrogen and oxygen atoms in total. The fourth-order valence-electron chi connectivity index (χ4n) is 4.15. The minimum Gasteiger partial charge on any atom is -0.497 e. The van der Waals surface area contributed by atoms with Crippen molar-refractivity contribution in [2.45, 2.75) is 25.8 Å². The molecule has 1 amide bonds. The van der Waals surface area contributed by atoms with Gasteiger partial charge in [-0.15, -0.1) is 0 Å². The molecule has 0 aromatic heterocycles. The quantitative estimate of drug-likeness (QED) is 0.654. The average molecular weight is 401 g/mol. The number of hydrogen-bond donors (Lipinski definition) is 1. The molecule has 4 heteroatoms. The summed E-state index contributed by atoms with van der Waals surface area (Å²) in [7, 11) is 1.66. The van der Waals surface area contributed by atoms with E-state index in [0.29, 0.717) is 6.54 Å². The van der Waals surface area contributed by atoms with E-state index >= 15 is 0 Å². The Bertz CT molecular complexity index is 999. The molecule has 1 aliphatic rings. The lowest BCUT2D eigenvalue weighted by atomic mass is 9.98. The van der Waals surface area contributed by atoms with E-state index in [1.807, 2.05) is 54.6 Å². The number of rotatable bonds is 6. The fourth-order valence-corrected chi connectivity index (χ4v) is 4.15. The summed E-state index contributed by atoms with van der Waals surface area (Å²) in [5.74, 6) is 0.824. The van der Waals surface area contributed by atoms with Gasteiger partial charge < -0.3 is 15.0 Å². The van der Waals surface area contributed by atoms with Gasteiger partial charge in [0.25, 0.3) is 0 Å². The van der Waals surface area contributed by atoms with E-state index in [-0.39, 0.29) is 11.9 Å². The fraction of sp³-hybridized carbons (Fsp3) is 0.269. The summed E-state index contributed by atoms with van der Waals surface area (Å²) in [4.78, 5) is 15.3. The van der Waals surface area contributed by atoms with E-state index in [9.17, 15) is 4.79 Å². The number of fused-ring (bicyclic) bond motifs is 1. The van der Waals surface area contributed by atoms with Crippen LogP contribution in [-0.4, -0.2) is 26.1 Å². The number of hydrogen-bond acceptors (Lipinski definition) is 3. The van der Waals surface area contributed by atoms with Crippen molar-refractivity contribution in [2.24, 2.45) is 0 Å². The second kappa shape index (κ2) is 9.04. The topological polar surface area (TPSA) is 41.6 Å². The maximum absolute atomic E-state index is 13.1. The van der Waals surface area contributed by atoms with Crippen molar-refractivity contribution in [3.05, 3.63) is 95.1 Å². The summed E-state index contributed by atoms with van der Waals surface area (Å²) in [6.07, 6.45) is 2.15. The molecule has 3 aromatic carbocycles. The van der Waals surface area contributed by atoms with Crippen molar-refractivity contribution >= 4 is 11.6 Å². The number of methoxy groups -OCH3 is 1. The third-order valence-corrected chi connectivity index (χ3v) is 5.67. The molecule has 0 aliphatic carbocycles. The molecule has 1 heterocycles. The minimum atomic E-state index is -0.202. The van der Waals surface area contributed by atoms with Gasteiger partial charge in [0.1, 0.15) is 5.75 Å². The molecule has 154 valence electrons. The van der Waals surface area contributed by atoms with Crippen LogP contribution in [0.5, 0.6) is 5.75 Å². The molecule has 0 fully saturated rings. The number of carbonyl (C=O) groups is 1. The number of amides is 1. The van der Waals surface area contributed by atoms with Gasteiger partial charge in [-0.05, 0) is 54.7 Å². The Morgan fingerprint density at radius 3 is 2.50 bits per heavy atom. The highest BCUT2D eigenvalue weighted by Gasteiger charge is 2.22. The van der Waals surface area contributed by atoms with Crippen LogP contribution in [0.3, 0.4) is 0 Å². The van der Waals surface area contributed by atoms with Crippen LogP contribution in [0, 0.1) is 6.92 Å². The zero-order valence-electron chi connectivity index (χ0n) is 17.6. The summed E-state index contributed by atoms with van der Waals surface area (Å²) >= 11 is 0. The first-order valence-corrected chi connectivity index (χ1v) is 10.5. The van der Waals surface area contributed by atoms with E-state index in [1.165, 1.54) is 16.8 Å². The first-order valence-electron chi connectivity index (χ1n) is 10.5. The number of nitrogens with one attached hydrogen (secondary N) is 1. The van der Waals surface area contributed by atoms with Gasteiger partial charge in [-0.25, -0.2) is 0 Å². The highest BCUT2D eigenvalue weighted by Crippen LogP contribution is 2.28. The van der Waals surface area contributed by atoms with Crippen LogP contribution < -0.4 is 15.0 Å². The molecule has 1 aliphatic heterocycles. The van der Waals surface area contributed by atoms with Crippen LogP contribution in [0.25, 0.3) is 0 Å². The molecular weight excluding hydrogens is 372 g/mol. The zero-order valence-corrected chi connectivity index (χ0v) is 17.6. The highest BCUT2D eigenvalue weighted by molar-refractivity contribution is 5.82. The van der Waals surface area contributed by atoms with Gasteiger partial charge in [0.05, 0.1) is 19.7 Å². The molecule has 1 unspecified atom stereocenters. The van der Waals surface area contributed by atoms with Crippen molar-refractivity contribution in [3.8, 4) is 5.75 Å². The van der Waals surface area contributed by atoms with Crippen LogP contribution in [0.2, 0.25) is 0 Å². The first-order chi connectivity index (χ1) is 14.6. The van der Waals surface area contributed by atoms with Crippen LogP contribution in [0.1, 0.15) is 34.7 Å². The summed E-state index contributed by atoms with van der Waals surface area (Å²) in [6, 6.07) is 24.3. The Kier molecular flexibility index (Phi) is 6.03. The third kappa shape index (κ3) is 4.48. The summed E-state index contributed by atoms with van der Waals surface area (Å²) in [5.41, 5.74) is 5.88. The van der Waals surface area contributed by atoms with Gasteiger partial charge in [0.2, 0.25) is 5.91 Å². The Morgan fingerprint density at radius 2 is 1.77 bits per heavy atom. The van der Waals surface area contributed by atoms with Crippen molar-refractivity contribution in [1.29, 1.82) is 0 Å². The van der Waals surface area contributed by atoms with Crippen LogP contribution >= 0.6 is 0 Å². The van der Waals surface area contributed by atoms with Crippen LogP contribution in [0.4, 0.5) is 5.69 Å². The largest absolute Gasteiger partial charge is 0.497 e. The van der Waals surface area contributed by atoms with E-state index in [4.69, 9.17) is 4.74 Å². The lowest BCUT2D eigenvalue weighted by Crippen LogP contribution is -2.41. The monoisotopic (exact) mass is 400 g/mol. The number of ether oxygens (including phenoxy) is 1. The van der Waals surface area contributed by atoms with E-state index in [1.54, 1.807) is 7.11 Å². The molecule has 0 saturated carbocycles. The van der Waals surface area contributed by atoms with Gasteiger partial charge >= 0.3 is 0 Å². The van der Waals surface area contributed by atoms with Crippen LogP contribution in [0.15, 0.2) is 72.8 Å². The van der Waals surface area contributed by atoms with Crippen molar-refractivity contribution in [3.63, 3.8) is 0 Å². The molecule has 0 spiro atoms. The molecule has 0 bridgehead atoms. The molecule has 30 heavy (non-hydrogen) atoms. The highest BCUT2D eigenvalue weighted by atomic mass is 16.5. The normalized spacial score (nSPS) is 14.0. The predicted molar refractivity (Wildman–Crippen MR) is 121 cm³/mol. The van der Waals surface area contributed by atoms with Crippen molar-refractivity contribution < 1.29 is 9.53 Å². The number of carbonyl (C=O) groups excluding carboxylic acids is 1. The number of nitrogens with zero attached hydrogens (tertiary/aromatic N) is 1. The Labute approximate surface area is 178 Å². The minimum absolute atomic E-state index is 0.0214. The van der Waals surface area contributed by atoms with Gasteiger partial charge in [-0.1, -0.05) is 60.2 Å². The molecule has 3 aromatic rings. The maximum Gasteiger partial charge on any atom is 0.240 e. The van der Waals surface area contributed by atoms with Crippen LogP contribution in [-0.2, 0) is 11.2 Å². The molecule has 4 rings (SSSR count).